The molecular weight excluding hydrogens is 344 g/mol. The molecule has 0 fully saturated rings. The Hall–Kier alpha value is -3.41. The van der Waals surface area contributed by atoms with E-state index in [-0.39, 0.29) is 35.7 Å². The number of nitrogens with zero attached hydrogens (tertiary/aromatic N) is 2. The molecule has 1 amide bonds. The summed E-state index contributed by atoms with van der Waals surface area (Å²) in [5.41, 5.74) is 3.59. The van der Waals surface area contributed by atoms with Gasteiger partial charge in [0.05, 0.1) is 12.0 Å². The highest BCUT2D eigenvalue weighted by Gasteiger charge is 2.33. The second-order valence-electron chi connectivity index (χ2n) is 6.81. The first-order chi connectivity index (χ1) is 13.0. The van der Waals surface area contributed by atoms with Crippen molar-refractivity contribution in [2.75, 3.05) is 7.05 Å². The lowest BCUT2D eigenvalue weighted by Crippen LogP contribution is -2.17. The first-order valence-corrected chi connectivity index (χ1v) is 8.62. The van der Waals surface area contributed by atoms with Crippen molar-refractivity contribution in [2.45, 2.75) is 19.4 Å². The van der Waals surface area contributed by atoms with E-state index in [1.54, 1.807) is 13.2 Å². The van der Waals surface area contributed by atoms with Gasteiger partial charge in [0.1, 0.15) is 5.52 Å². The van der Waals surface area contributed by atoms with Crippen LogP contribution >= 0.6 is 0 Å². The van der Waals surface area contributed by atoms with E-state index in [0.29, 0.717) is 22.9 Å². The molecule has 3 aromatic rings. The van der Waals surface area contributed by atoms with Crippen molar-refractivity contribution in [1.29, 1.82) is 0 Å². The maximum Gasteiger partial charge on any atom is 0.307 e. The summed E-state index contributed by atoms with van der Waals surface area (Å²) in [5, 5.41) is 20.6. The first kappa shape index (κ1) is 17.0. The molecule has 1 aromatic heterocycles. The summed E-state index contributed by atoms with van der Waals surface area (Å²) in [6.45, 7) is 0.281. The van der Waals surface area contributed by atoms with Crippen LogP contribution in [0.3, 0.4) is 0 Å². The molecule has 0 aliphatic carbocycles. The predicted molar refractivity (Wildman–Crippen MR) is 99.8 cm³/mol. The lowest BCUT2D eigenvalue weighted by molar-refractivity contribution is -0.136. The molecule has 1 aliphatic heterocycles. The number of fused-ring (bicyclic) bond motifs is 2. The Morgan fingerprint density at radius 2 is 1.96 bits per heavy atom. The highest BCUT2D eigenvalue weighted by molar-refractivity contribution is 6.08. The van der Waals surface area contributed by atoms with Crippen molar-refractivity contribution in [2.24, 2.45) is 0 Å². The summed E-state index contributed by atoms with van der Waals surface area (Å²) in [6.07, 6.45) is 2.08. The molecule has 0 spiro atoms. The Balaban J connectivity index is 1.92. The van der Waals surface area contributed by atoms with Gasteiger partial charge in [-0.3, -0.25) is 14.6 Å². The van der Waals surface area contributed by atoms with E-state index in [9.17, 15) is 19.8 Å². The molecule has 0 saturated heterocycles. The Morgan fingerprint density at radius 3 is 2.67 bits per heavy atom. The third kappa shape index (κ3) is 2.89. The Bertz CT molecular complexity index is 1080. The standard InChI is InChI=1S/C21H18N2O4/c1-23-11-16-14(9-17(24)25)15-8-13(7-12-5-3-2-4-6-12)10-22-19(15)20(26)18(16)21(23)27/h2-6,8,10,26H,7,9,11H2,1H3,(H,24,25). The number of pyridine rings is 1. The van der Waals surface area contributed by atoms with Crippen LogP contribution in [-0.2, 0) is 24.2 Å². The highest BCUT2D eigenvalue weighted by Crippen LogP contribution is 2.39. The largest absolute Gasteiger partial charge is 0.505 e. The van der Waals surface area contributed by atoms with E-state index in [2.05, 4.69) is 4.98 Å². The topological polar surface area (TPSA) is 90.7 Å². The van der Waals surface area contributed by atoms with Gasteiger partial charge in [-0.05, 0) is 34.7 Å². The van der Waals surface area contributed by atoms with Crippen molar-refractivity contribution in [1.82, 2.24) is 9.88 Å². The Labute approximate surface area is 155 Å². The van der Waals surface area contributed by atoms with Crippen LogP contribution in [0, 0.1) is 0 Å². The van der Waals surface area contributed by atoms with Gasteiger partial charge in [-0.15, -0.1) is 0 Å². The van der Waals surface area contributed by atoms with Gasteiger partial charge >= 0.3 is 5.97 Å². The summed E-state index contributed by atoms with van der Waals surface area (Å²) in [7, 11) is 1.63. The van der Waals surface area contributed by atoms with Crippen LogP contribution in [-0.4, -0.2) is 39.0 Å². The number of phenolic OH excluding ortho intramolecular Hbond substituents is 1. The molecule has 136 valence electrons. The second-order valence-corrected chi connectivity index (χ2v) is 6.81. The third-order valence-electron chi connectivity index (χ3n) is 4.93. The molecular formula is C21H18N2O4. The van der Waals surface area contributed by atoms with Gasteiger partial charge in [0.2, 0.25) is 0 Å². The van der Waals surface area contributed by atoms with E-state index in [1.807, 2.05) is 36.4 Å². The molecule has 0 unspecified atom stereocenters. The van der Waals surface area contributed by atoms with Gasteiger partial charge < -0.3 is 15.1 Å². The fraction of sp³-hybridized carbons (Fsp3) is 0.190. The van der Waals surface area contributed by atoms with Gasteiger partial charge in [0.25, 0.3) is 5.91 Å². The van der Waals surface area contributed by atoms with E-state index in [0.717, 1.165) is 11.1 Å². The number of hydrogen-bond donors (Lipinski definition) is 2. The van der Waals surface area contributed by atoms with E-state index < -0.39 is 5.97 Å². The van der Waals surface area contributed by atoms with E-state index in [4.69, 9.17) is 0 Å². The van der Waals surface area contributed by atoms with Gasteiger partial charge in [-0.25, -0.2) is 0 Å². The smallest absolute Gasteiger partial charge is 0.307 e. The maximum atomic E-state index is 12.4. The van der Waals surface area contributed by atoms with Crippen molar-refractivity contribution >= 4 is 22.8 Å². The molecule has 0 atom stereocenters. The number of rotatable bonds is 4. The number of aromatic hydroxyl groups is 1. The zero-order valence-electron chi connectivity index (χ0n) is 14.8. The molecule has 1 aliphatic rings. The van der Waals surface area contributed by atoms with Crippen molar-refractivity contribution in [3.63, 3.8) is 0 Å². The number of carbonyl (C=O) groups excluding carboxylic acids is 1. The van der Waals surface area contributed by atoms with Crippen molar-refractivity contribution < 1.29 is 19.8 Å². The molecule has 0 bridgehead atoms. The minimum absolute atomic E-state index is 0.171. The van der Waals surface area contributed by atoms with Crippen molar-refractivity contribution in [3.8, 4) is 5.75 Å². The fourth-order valence-corrected chi connectivity index (χ4v) is 3.69. The summed E-state index contributed by atoms with van der Waals surface area (Å²) in [6, 6.07) is 11.8. The zero-order chi connectivity index (χ0) is 19.1. The van der Waals surface area contributed by atoms with E-state index >= 15 is 0 Å². The molecule has 2 N–H and O–H groups in total. The van der Waals surface area contributed by atoms with Crippen LogP contribution in [0.5, 0.6) is 5.75 Å². The van der Waals surface area contributed by atoms with E-state index in [1.165, 1.54) is 4.90 Å². The number of amides is 1. The summed E-state index contributed by atoms with van der Waals surface area (Å²) >= 11 is 0. The van der Waals surface area contributed by atoms with Gasteiger partial charge in [0.15, 0.2) is 5.75 Å². The number of aromatic nitrogens is 1. The SMILES string of the molecule is CN1Cc2c(c(O)c3ncc(Cc4ccccc4)cc3c2CC(=O)O)C1=O. The quantitative estimate of drug-likeness (QED) is 0.745. The molecule has 0 radical (unpaired) electrons. The monoisotopic (exact) mass is 362 g/mol. The normalized spacial score (nSPS) is 13.2. The lowest BCUT2D eigenvalue weighted by atomic mass is 9.93. The number of hydrogen-bond acceptors (Lipinski definition) is 4. The van der Waals surface area contributed by atoms with Gasteiger partial charge in [-0.2, -0.15) is 0 Å². The molecule has 0 saturated carbocycles. The highest BCUT2D eigenvalue weighted by atomic mass is 16.4. The average Bonchev–Trinajstić information content (AvgIpc) is 2.94. The molecule has 4 rings (SSSR count). The number of carboxylic acids is 1. The van der Waals surface area contributed by atoms with Crippen LogP contribution in [0.4, 0.5) is 0 Å². The first-order valence-electron chi connectivity index (χ1n) is 8.62. The van der Waals surface area contributed by atoms with Crippen molar-refractivity contribution in [3.05, 3.63) is 70.4 Å². The summed E-state index contributed by atoms with van der Waals surface area (Å²) < 4.78 is 0. The summed E-state index contributed by atoms with van der Waals surface area (Å²) in [5.74, 6) is -1.47. The van der Waals surface area contributed by atoms with Crippen LogP contribution < -0.4 is 0 Å². The molecule has 6 nitrogen and oxygen atoms in total. The maximum absolute atomic E-state index is 12.4. The number of benzene rings is 2. The second kappa shape index (κ2) is 6.39. The zero-order valence-corrected chi connectivity index (χ0v) is 14.8. The average molecular weight is 362 g/mol. The Kier molecular flexibility index (Phi) is 4.03. The Morgan fingerprint density at radius 1 is 1.22 bits per heavy atom. The molecule has 6 heteroatoms. The number of carboxylic acid groups (broad SMARTS) is 1. The molecule has 2 heterocycles. The number of phenols is 1. The number of carbonyl (C=O) groups is 2. The lowest BCUT2D eigenvalue weighted by Gasteiger charge is -2.13. The van der Waals surface area contributed by atoms with Crippen LogP contribution in [0.2, 0.25) is 0 Å². The van der Waals surface area contributed by atoms with Crippen LogP contribution in [0.15, 0.2) is 42.6 Å². The minimum Gasteiger partial charge on any atom is -0.505 e. The van der Waals surface area contributed by atoms with Gasteiger partial charge in [0, 0.05) is 25.2 Å². The number of aliphatic carboxylic acids is 1. The van der Waals surface area contributed by atoms with Gasteiger partial charge in [-0.1, -0.05) is 30.3 Å². The summed E-state index contributed by atoms with van der Waals surface area (Å²) in [4.78, 5) is 29.7. The third-order valence-corrected chi connectivity index (χ3v) is 4.93. The predicted octanol–water partition coefficient (Wildman–Crippen LogP) is 2.74. The van der Waals surface area contributed by atoms with Crippen LogP contribution in [0.1, 0.15) is 32.6 Å². The van der Waals surface area contributed by atoms with Crippen LogP contribution in [0.25, 0.3) is 10.9 Å². The fourth-order valence-electron chi connectivity index (χ4n) is 3.69. The molecule has 2 aromatic carbocycles. The minimum atomic E-state index is -0.986. The molecule has 27 heavy (non-hydrogen) atoms.